The highest BCUT2D eigenvalue weighted by Crippen LogP contribution is 2.37. The predicted octanol–water partition coefficient (Wildman–Crippen LogP) is 5.99. The van der Waals surface area contributed by atoms with Crippen LogP contribution in [0.4, 0.5) is 11.4 Å². The summed E-state index contributed by atoms with van der Waals surface area (Å²) in [6, 6.07) is 18.8. The summed E-state index contributed by atoms with van der Waals surface area (Å²) in [4.78, 5) is 17.7. The summed E-state index contributed by atoms with van der Waals surface area (Å²) in [6.45, 7) is 0. The van der Waals surface area contributed by atoms with E-state index in [4.69, 9.17) is 12.2 Å². The average Bonchev–Trinajstić information content (AvgIpc) is 3.02. The zero-order chi connectivity index (χ0) is 19.5. The molecule has 0 atom stereocenters. The van der Waals surface area contributed by atoms with Gasteiger partial charge in [0.2, 0.25) is 0 Å². The highest BCUT2D eigenvalue weighted by atomic mass is 32.2. The second-order valence-corrected chi connectivity index (χ2v) is 9.01. The fraction of sp³-hybridized carbons (Fsp3) is 0.304. The van der Waals surface area contributed by atoms with Crippen molar-refractivity contribution in [3.63, 3.8) is 0 Å². The van der Waals surface area contributed by atoms with Crippen LogP contribution in [0.15, 0.2) is 59.5 Å². The molecule has 2 aromatic rings. The van der Waals surface area contributed by atoms with Crippen LogP contribution in [-0.4, -0.2) is 28.2 Å². The zero-order valence-corrected chi connectivity index (χ0v) is 17.6. The Morgan fingerprint density at radius 2 is 1.64 bits per heavy atom. The number of thiocarbonyl (C=S) groups is 1. The number of para-hydroxylation sites is 1. The molecule has 3 nitrogen and oxygen atoms in total. The lowest BCUT2D eigenvalue weighted by molar-refractivity contribution is -0.124. The first kappa shape index (κ1) is 19.2. The van der Waals surface area contributed by atoms with Crippen LogP contribution >= 0.6 is 24.0 Å². The Balaban J connectivity index is 1.50. The summed E-state index contributed by atoms with van der Waals surface area (Å²) in [5, 5.41) is 0. The van der Waals surface area contributed by atoms with E-state index in [2.05, 4.69) is 48.3 Å². The number of rotatable bonds is 4. The summed E-state index contributed by atoms with van der Waals surface area (Å²) in [5.74, 6) is 0.0763. The molecule has 0 radical (unpaired) electrons. The van der Waals surface area contributed by atoms with Gasteiger partial charge < -0.3 is 4.90 Å². The summed E-state index contributed by atoms with van der Waals surface area (Å²) >= 11 is 6.96. The molecule has 1 saturated heterocycles. The zero-order valence-electron chi connectivity index (χ0n) is 16.0. The van der Waals surface area contributed by atoms with Gasteiger partial charge in [-0.25, -0.2) is 0 Å². The molecule has 0 unspecified atom stereocenters. The van der Waals surface area contributed by atoms with Gasteiger partial charge in [0.25, 0.3) is 5.91 Å². The number of anilines is 2. The van der Waals surface area contributed by atoms with Crippen molar-refractivity contribution in [1.82, 2.24) is 4.90 Å². The van der Waals surface area contributed by atoms with Crippen LogP contribution in [0.2, 0.25) is 0 Å². The Morgan fingerprint density at radius 1 is 1.00 bits per heavy atom. The van der Waals surface area contributed by atoms with Gasteiger partial charge in [-0.05, 0) is 48.7 Å². The Kier molecular flexibility index (Phi) is 5.83. The van der Waals surface area contributed by atoms with Crippen LogP contribution in [-0.2, 0) is 4.79 Å². The third kappa shape index (κ3) is 4.01. The van der Waals surface area contributed by atoms with E-state index in [1.807, 2.05) is 29.2 Å². The lowest BCUT2D eigenvalue weighted by Gasteiger charge is -2.29. The summed E-state index contributed by atoms with van der Waals surface area (Å²) < 4.78 is 0.712. The second-order valence-electron chi connectivity index (χ2n) is 7.33. The van der Waals surface area contributed by atoms with E-state index < -0.39 is 0 Å². The van der Waals surface area contributed by atoms with Gasteiger partial charge in [-0.3, -0.25) is 9.69 Å². The maximum absolute atomic E-state index is 12.9. The van der Waals surface area contributed by atoms with Crippen molar-refractivity contribution in [3.05, 3.63) is 65.1 Å². The number of hydrogen-bond acceptors (Lipinski definition) is 4. The van der Waals surface area contributed by atoms with Crippen molar-refractivity contribution in [2.75, 3.05) is 11.9 Å². The molecule has 0 spiro atoms. The monoisotopic (exact) mass is 408 g/mol. The van der Waals surface area contributed by atoms with Gasteiger partial charge in [0, 0.05) is 24.5 Å². The van der Waals surface area contributed by atoms with E-state index in [1.54, 1.807) is 0 Å². The summed E-state index contributed by atoms with van der Waals surface area (Å²) in [5.41, 5.74) is 3.27. The van der Waals surface area contributed by atoms with Gasteiger partial charge in [0.15, 0.2) is 0 Å². The van der Waals surface area contributed by atoms with Crippen molar-refractivity contribution in [2.45, 2.75) is 38.1 Å². The predicted molar refractivity (Wildman–Crippen MR) is 123 cm³/mol. The Bertz CT molecular complexity index is 887. The smallest absolute Gasteiger partial charge is 0.266 e. The first-order chi connectivity index (χ1) is 13.6. The molecule has 1 aliphatic carbocycles. The maximum atomic E-state index is 12.9. The minimum absolute atomic E-state index is 0.0763. The number of benzene rings is 2. The van der Waals surface area contributed by atoms with E-state index in [1.165, 1.54) is 31.0 Å². The van der Waals surface area contributed by atoms with Crippen LogP contribution in [0.5, 0.6) is 0 Å². The van der Waals surface area contributed by atoms with Gasteiger partial charge in [0.1, 0.15) is 4.32 Å². The molecule has 0 N–H and O–H groups in total. The van der Waals surface area contributed by atoms with E-state index in [0.717, 1.165) is 34.7 Å². The van der Waals surface area contributed by atoms with Gasteiger partial charge in [0.05, 0.1) is 4.91 Å². The molecule has 1 aliphatic heterocycles. The summed E-state index contributed by atoms with van der Waals surface area (Å²) in [7, 11) is 2.06. The van der Waals surface area contributed by atoms with Crippen LogP contribution in [0, 0.1) is 0 Å². The number of thioether (sulfide) groups is 1. The largest absolute Gasteiger partial charge is 0.345 e. The van der Waals surface area contributed by atoms with Crippen LogP contribution in [0.3, 0.4) is 0 Å². The highest BCUT2D eigenvalue weighted by molar-refractivity contribution is 8.26. The first-order valence-electron chi connectivity index (χ1n) is 9.79. The standard InChI is InChI=1S/C23H24N2OS2/c1-24(18-8-4-2-5-9-18)19-14-12-17(13-15-19)16-21-22(26)25(23(27)28-21)20-10-6-3-7-11-20/h2,4-5,8-9,12-16,20H,3,6-7,10-11H2,1H3. The number of carbonyl (C=O) groups is 1. The third-order valence-corrected chi connectivity index (χ3v) is 6.82. The molecule has 2 aromatic carbocycles. The molecule has 4 rings (SSSR count). The van der Waals surface area contributed by atoms with Gasteiger partial charge in [-0.1, -0.05) is 73.6 Å². The molecule has 28 heavy (non-hydrogen) atoms. The highest BCUT2D eigenvalue weighted by Gasteiger charge is 2.37. The molecule has 2 aliphatic rings. The quantitative estimate of drug-likeness (QED) is 0.458. The molecule has 2 fully saturated rings. The normalized spacial score (nSPS) is 19.5. The lowest BCUT2D eigenvalue weighted by Crippen LogP contribution is -2.39. The van der Waals surface area contributed by atoms with Crippen LogP contribution in [0.25, 0.3) is 6.08 Å². The van der Waals surface area contributed by atoms with Gasteiger partial charge in [-0.2, -0.15) is 0 Å². The van der Waals surface area contributed by atoms with Crippen LogP contribution in [0.1, 0.15) is 37.7 Å². The Hall–Kier alpha value is -2.11. The number of amides is 1. The second kappa shape index (κ2) is 8.50. The molecular formula is C23H24N2OS2. The summed E-state index contributed by atoms with van der Waals surface area (Å²) in [6.07, 6.45) is 7.76. The minimum Gasteiger partial charge on any atom is -0.345 e. The fourth-order valence-corrected chi connectivity index (χ4v) is 5.28. The van der Waals surface area contributed by atoms with Crippen LogP contribution < -0.4 is 4.90 Å². The number of nitrogens with zero attached hydrogens (tertiary/aromatic N) is 2. The fourth-order valence-electron chi connectivity index (χ4n) is 3.88. The van der Waals surface area contributed by atoms with Crippen molar-refractivity contribution >= 4 is 51.7 Å². The molecular weight excluding hydrogens is 384 g/mol. The molecule has 1 amide bonds. The molecule has 1 saturated carbocycles. The molecule has 0 aromatic heterocycles. The molecule has 144 valence electrons. The van der Waals surface area contributed by atoms with E-state index >= 15 is 0 Å². The Labute approximate surface area is 176 Å². The minimum atomic E-state index is 0.0763. The lowest BCUT2D eigenvalue weighted by atomic mass is 9.94. The SMILES string of the molecule is CN(c1ccccc1)c1ccc(C=C2SC(=S)N(C3CCCCC3)C2=O)cc1. The maximum Gasteiger partial charge on any atom is 0.266 e. The topological polar surface area (TPSA) is 23.6 Å². The first-order valence-corrected chi connectivity index (χ1v) is 11.0. The van der Waals surface area contributed by atoms with Crippen molar-refractivity contribution < 1.29 is 4.79 Å². The van der Waals surface area contributed by atoms with Gasteiger partial charge >= 0.3 is 0 Å². The van der Waals surface area contributed by atoms with Crippen molar-refractivity contribution in [1.29, 1.82) is 0 Å². The third-order valence-electron chi connectivity index (χ3n) is 5.49. The van der Waals surface area contributed by atoms with Crippen molar-refractivity contribution in [3.8, 4) is 0 Å². The Morgan fingerprint density at radius 3 is 2.32 bits per heavy atom. The average molecular weight is 409 g/mol. The molecule has 1 heterocycles. The van der Waals surface area contributed by atoms with E-state index in [-0.39, 0.29) is 11.9 Å². The van der Waals surface area contributed by atoms with Gasteiger partial charge in [-0.15, -0.1) is 0 Å². The molecule has 5 heteroatoms. The van der Waals surface area contributed by atoms with E-state index in [9.17, 15) is 4.79 Å². The van der Waals surface area contributed by atoms with E-state index in [0.29, 0.717) is 4.32 Å². The van der Waals surface area contributed by atoms with Crippen molar-refractivity contribution in [2.24, 2.45) is 0 Å². The molecule has 0 bridgehead atoms. The number of carbonyl (C=O) groups excluding carboxylic acids is 1. The number of hydrogen-bond donors (Lipinski definition) is 0.